The Kier molecular flexibility index (Phi) is 3.41. The van der Waals surface area contributed by atoms with Crippen molar-refractivity contribution >= 4 is 5.97 Å². The third-order valence-corrected chi connectivity index (χ3v) is 3.54. The molecule has 0 aromatic carbocycles. The number of rotatable bonds is 2. The van der Waals surface area contributed by atoms with Crippen LogP contribution in [0, 0.1) is 0 Å². The zero-order chi connectivity index (χ0) is 13.3. The minimum Gasteiger partial charge on any atom is -0.478 e. The van der Waals surface area contributed by atoms with E-state index in [1.54, 1.807) is 0 Å². The number of carboxylic acids is 1. The molecule has 1 saturated heterocycles. The lowest BCUT2D eigenvalue weighted by Gasteiger charge is -2.41. The predicted molar refractivity (Wildman–Crippen MR) is 68.7 cm³/mol. The Bertz CT molecular complexity index is 499. The average Bonchev–Trinajstić information content (AvgIpc) is 2.30. The summed E-state index contributed by atoms with van der Waals surface area (Å²) in [6, 6.07) is 3.16. The second-order valence-corrected chi connectivity index (χ2v) is 4.91. The lowest BCUT2D eigenvalue weighted by molar-refractivity contribution is 0.0695. The lowest BCUT2D eigenvalue weighted by atomic mass is 10.00. The van der Waals surface area contributed by atoms with Crippen LogP contribution in [0.2, 0.25) is 0 Å². The maximum Gasteiger partial charge on any atom is 0.337 e. The summed E-state index contributed by atoms with van der Waals surface area (Å²) < 4.78 is 1.46. The summed E-state index contributed by atoms with van der Waals surface area (Å²) >= 11 is 0. The average molecular weight is 250 g/mol. The smallest absolute Gasteiger partial charge is 0.337 e. The van der Waals surface area contributed by atoms with Gasteiger partial charge in [-0.05, 0) is 39.2 Å². The molecule has 1 fully saturated rings. The van der Waals surface area contributed by atoms with Gasteiger partial charge in [-0.3, -0.25) is 4.79 Å². The molecule has 5 nitrogen and oxygen atoms in total. The first kappa shape index (κ1) is 12.7. The molecule has 2 heterocycles. The third kappa shape index (κ3) is 2.25. The van der Waals surface area contributed by atoms with Gasteiger partial charge < -0.3 is 10.1 Å². The molecular weight excluding hydrogens is 232 g/mol. The van der Waals surface area contributed by atoms with E-state index in [0.29, 0.717) is 0 Å². The summed E-state index contributed by atoms with van der Waals surface area (Å²) in [7, 11) is 0. The van der Waals surface area contributed by atoms with Gasteiger partial charge in [-0.2, -0.15) is 0 Å². The van der Waals surface area contributed by atoms with Crippen LogP contribution in [0.25, 0.3) is 0 Å². The Labute approximate surface area is 106 Å². The first-order valence-electron chi connectivity index (χ1n) is 6.25. The molecule has 0 aliphatic carbocycles. The van der Waals surface area contributed by atoms with Crippen LogP contribution in [0.15, 0.2) is 23.1 Å². The summed E-state index contributed by atoms with van der Waals surface area (Å²) in [6.45, 7) is 4.13. The van der Waals surface area contributed by atoms with Crippen molar-refractivity contribution in [2.75, 3.05) is 5.01 Å². The number of piperidine rings is 1. The molecule has 2 rings (SSSR count). The Balaban J connectivity index is 2.45. The molecule has 18 heavy (non-hydrogen) atoms. The highest BCUT2D eigenvalue weighted by atomic mass is 16.4. The monoisotopic (exact) mass is 250 g/mol. The van der Waals surface area contributed by atoms with Gasteiger partial charge in [-0.1, -0.05) is 0 Å². The molecule has 2 atom stereocenters. The highest BCUT2D eigenvalue weighted by Crippen LogP contribution is 2.20. The third-order valence-electron chi connectivity index (χ3n) is 3.54. The molecular formula is C13H18N2O3. The van der Waals surface area contributed by atoms with Gasteiger partial charge >= 0.3 is 5.97 Å². The van der Waals surface area contributed by atoms with E-state index >= 15 is 0 Å². The van der Waals surface area contributed by atoms with Crippen molar-refractivity contribution in [1.29, 1.82) is 0 Å². The van der Waals surface area contributed by atoms with Gasteiger partial charge in [0.1, 0.15) is 0 Å². The van der Waals surface area contributed by atoms with Crippen molar-refractivity contribution in [2.24, 2.45) is 0 Å². The molecule has 5 heteroatoms. The van der Waals surface area contributed by atoms with Crippen molar-refractivity contribution in [2.45, 2.75) is 45.2 Å². The van der Waals surface area contributed by atoms with Crippen LogP contribution in [0.3, 0.4) is 0 Å². The van der Waals surface area contributed by atoms with Gasteiger partial charge in [-0.25, -0.2) is 9.47 Å². The summed E-state index contributed by atoms with van der Waals surface area (Å²) in [5.41, 5.74) is -0.0415. The molecule has 1 aliphatic rings. The Hall–Kier alpha value is -1.78. The van der Waals surface area contributed by atoms with Crippen LogP contribution in [0.1, 0.15) is 43.5 Å². The first-order chi connectivity index (χ1) is 8.50. The van der Waals surface area contributed by atoms with E-state index in [2.05, 4.69) is 13.8 Å². The normalized spacial score (nSPS) is 24.0. The van der Waals surface area contributed by atoms with Crippen LogP contribution in [-0.4, -0.2) is 27.8 Å². The molecule has 0 amide bonds. The number of nitrogens with zero attached hydrogens (tertiary/aromatic N) is 2. The van der Waals surface area contributed by atoms with Crippen LogP contribution >= 0.6 is 0 Å². The number of aromatic nitrogens is 1. The number of hydrogen-bond acceptors (Lipinski definition) is 3. The standard InChI is InChI=1S/C13H18N2O3/c1-9-4-3-5-10(2)15(9)14-8-11(13(17)18)6-7-12(14)16/h6-10H,3-5H2,1-2H3,(H,17,18). The molecule has 0 radical (unpaired) electrons. The van der Waals surface area contributed by atoms with Gasteiger partial charge in [0, 0.05) is 24.3 Å². The molecule has 1 aliphatic heterocycles. The van der Waals surface area contributed by atoms with Crippen molar-refractivity contribution in [3.63, 3.8) is 0 Å². The Morgan fingerprint density at radius 3 is 2.44 bits per heavy atom. The SMILES string of the molecule is CC1CCCC(C)N1n1cc(C(=O)O)ccc1=O. The van der Waals surface area contributed by atoms with E-state index in [1.807, 2.05) is 5.01 Å². The fourth-order valence-electron chi connectivity index (χ4n) is 2.62. The second kappa shape index (κ2) is 4.84. The van der Waals surface area contributed by atoms with E-state index in [9.17, 15) is 9.59 Å². The highest BCUT2D eigenvalue weighted by Gasteiger charge is 2.26. The minimum atomic E-state index is -1.01. The summed E-state index contributed by atoms with van der Waals surface area (Å²) in [5.74, 6) is -1.01. The van der Waals surface area contributed by atoms with Crippen molar-refractivity contribution in [3.05, 3.63) is 34.2 Å². The fourth-order valence-corrected chi connectivity index (χ4v) is 2.62. The summed E-state index contributed by atoms with van der Waals surface area (Å²) in [6.07, 6.45) is 4.61. The van der Waals surface area contributed by atoms with Gasteiger partial charge in [-0.15, -0.1) is 0 Å². The minimum absolute atomic E-state index is 0.138. The van der Waals surface area contributed by atoms with Crippen LogP contribution < -0.4 is 10.6 Å². The molecule has 2 unspecified atom stereocenters. The Morgan fingerprint density at radius 2 is 1.89 bits per heavy atom. The number of pyridine rings is 1. The largest absolute Gasteiger partial charge is 0.478 e. The van der Waals surface area contributed by atoms with Crippen LogP contribution in [0.5, 0.6) is 0 Å². The molecule has 98 valence electrons. The van der Waals surface area contributed by atoms with Crippen molar-refractivity contribution in [3.8, 4) is 0 Å². The Morgan fingerprint density at radius 1 is 1.28 bits per heavy atom. The van der Waals surface area contributed by atoms with E-state index in [4.69, 9.17) is 5.11 Å². The van der Waals surface area contributed by atoms with Crippen LogP contribution in [-0.2, 0) is 0 Å². The number of aromatic carboxylic acids is 1. The molecule has 1 N–H and O–H groups in total. The van der Waals surface area contributed by atoms with E-state index in [0.717, 1.165) is 19.3 Å². The number of hydrogen-bond donors (Lipinski definition) is 1. The molecule has 0 spiro atoms. The second-order valence-electron chi connectivity index (χ2n) is 4.91. The topological polar surface area (TPSA) is 62.5 Å². The van der Waals surface area contributed by atoms with Crippen LogP contribution in [0.4, 0.5) is 0 Å². The van der Waals surface area contributed by atoms with E-state index < -0.39 is 5.97 Å². The maximum absolute atomic E-state index is 11.9. The zero-order valence-electron chi connectivity index (χ0n) is 10.7. The quantitative estimate of drug-likeness (QED) is 0.862. The predicted octanol–water partition coefficient (Wildman–Crippen LogP) is 1.45. The van der Waals surface area contributed by atoms with E-state index in [1.165, 1.54) is 23.0 Å². The summed E-state index contributed by atoms with van der Waals surface area (Å²) in [5, 5.41) is 11.0. The van der Waals surface area contributed by atoms with Gasteiger partial charge in [0.05, 0.1) is 5.56 Å². The van der Waals surface area contributed by atoms with Crippen molar-refractivity contribution < 1.29 is 9.90 Å². The molecule has 1 aromatic heterocycles. The van der Waals surface area contributed by atoms with Gasteiger partial charge in [0.2, 0.25) is 0 Å². The fraction of sp³-hybridized carbons (Fsp3) is 0.538. The van der Waals surface area contributed by atoms with Gasteiger partial charge in [0.25, 0.3) is 5.56 Å². The highest BCUT2D eigenvalue weighted by molar-refractivity contribution is 5.87. The molecule has 0 saturated carbocycles. The number of carboxylic acid groups (broad SMARTS) is 1. The van der Waals surface area contributed by atoms with Gasteiger partial charge in [0.15, 0.2) is 0 Å². The van der Waals surface area contributed by atoms with E-state index in [-0.39, 0.29) is 23.2 Å². The number of carbonyl (C=O) groups is 1. The zero-order valence-corrected chi connectivity index (χ0v) is 10.7. The first-order valence-corrected chi connectivity index (χ1v) is 6.25. The lowest BCUT2D eigenvalue weighted by Crippen LogP contribution is -2.54. The van der Waals surface area contributed by atoms with Crippen molar-refractivity contribution in [1.82, 2.24) is 4.68 Å². The summed E-state index contributed by atoms with van der Waals surface area (Å²) in [4.78, 5) is 22.9. The molecule has 0 bridgehead atoms. The molecule has 1 aromatic rings. The maximum atomic E-state index is 11.9.